The number of thioether (sulfide) groups is 1. The molecule has 2 aliphatic heterocycles. The summed E-state index contributed by atoms with van der Waals surface area (Å²) in [5.74, 6) is 8.72. The second-order valence-electron chi connectivity index (χ2n) is 4.72. The van der Waals surface area contributed by atoms with Gasteiger partial charge in [0.1, 0.15) is 5.69 Å². The molecule has 3 heterocycles. The summed E-state index contributed by atoms with van der Waals surface area (Å²) in [6, 6.07) is 0. The van der Waals surface area contributed by atoms with Crippen molar-refractivity contribution in [1.82, 2.24) is 15.2 Å². The molecule has 1 N–H and O–H groups in total. The van der Waals surface area contributed by atoms with Crippen LogP contribution in [-0.2, 0) is 0 Å². The van der Waals surface area contributed by atoms with Crippen LogP contribution in [0.15, 0.2) is 29.3 Å². The van der Waals surface area contributed by atoms with Crippen molar-refractivity contribution >= 4 is 23.1 Å². The molecule has 0 aliphatic carbocycles. The van der Waals surface area contributed by atoms with Crippen molar-refractivity contribution < 1.29 is 0 Å². The minimum Gasteiger partial charge on any atom is -0.371 e. The fourth-order valence-electron chi connectivity index (χ4n) is 2.19. The number of nitrogens with zero attached hydrogens (tertiary/aromatic N) is 2. The zero-order valence-electron chi connectivity index (χ0n) is 11.4. The molecular weight excluding hydrogens is 286 g/mol. The zero-order valence-corrected chi connectivity index (χ0v) is 13.1. The number of aryl methyl sites for hydroxylation is 1. The van der Waals surface area contributed by atoms with Gasteiger partial charge in [-0.3, -0.25) is 4.90 Å². The van der Waals surface area contributed by atoms with E-state index in [9.17, 15) is 0 Å². The number of hydrogen-bond donors (Lipinski definition) is 1. The predicted molar refractivity (Wildman–Crippen MR) is 86.8 cm³/mol. The van der Waals surface area contributed by atoms with Crippen LogP contribution in [0.3, 0.4) is 0 Å². The molecule has 0 aromatic carbocycles. The van der Waals surface area contributed by atoms with Gasteiger partial charge in [0.05, 0.1) is 11.2 Å². The van der Waals surface area contributed by atoms with Crippen LogP contribution in [-0.4, -0.2) is 40.6 Å². The van der Waals surface area contributed by atoms with Crippen LogP contribution in [0, 0.1) is 18.8 Å². The fraction of sp³-hybridized carbons (Fsp3) is 0.400. The standard InChI is InChI=1S/C15H17N3S2/c1-12-17-14(11-20-12)4-2-13-3-5-15(16-10-13)18-6-8-19-9-7-18/h3,5,10-11,15-16H,6-9H2,1H3. The number of thiazole rings is 1. The van der Waals surface area contributed by atoms with Crippen molar-refractivity contribution in [3.63, 3.8) is 0 Å². The Morgan fingerprint density at radius 2 is 2.20 bits per heavy atom. The molecule has 1 saturated heterocycles. The van der Waals surface area contributed by atoms with Gasteiger partial charge in [0.25, 0.3) is 0 Å². The Bertz CT molecular complexity index is 586. The second-order valence-corrected chi connectivity index (χ2v) is 7.01. The van der Waals surface area contributed by atoms with E-state index in [1.165, 1.54) is 11.5 Å². The summed E-state index contributed by atoms with van der Waals surface area (Å²) in [7, 11) is 0. The molecule has 3 nitrogen and oxygen atoms in total. The lowest BCUT2D eigenvalue weighted by molar-refractivity contribution is 0.233. The number of allylic oxidation sites excluding steroid dienone is 2. The molecule has 1 aromatic rings. The van der Waals surface area contributed by atoms with E-state index in [-0.39, 0.29) is 0 Å². The first kappa shape index (κ1) is 13.7. The summed E-state index contributed by atoms with van der Waals surface area (Å²) in [6.45, 7) is 4.30. The van der Waals surface area contributed by atoms with Gasteiger partial charge in [0.2, 0.25) is 0 Å². The Morgan fingerprint density at radius 3 is 2.85 bits per heavy atom. The molecule has 20 heavy (non-hydrogen) atoms. The molecule has 1 fully saturated rings. The first-order valence-corrected chi connectivity index (χ1v) is 8.75. The van der Waals surface area contributed by atoms with Crippen molar-refractivity contribution in [2.24, 2.45) is 0 Å². The van der Waals surface area contributed by atoms with E-state index >= 15 is 0 Å². The maximum absolute atomic E-state index is 4.35. The highest BCUT2D eigenvalue weighted by Gasteiger charge is 2.18. The van der Waals surface area contributed by atoms with Crippen LogP contribution >= 0.6 is 23.1 Å². The van der Waals surface area contributed by atoms with Gasteiger partial charge < -0.3 is 5.32 Å². The van der Waals surface area contributed by atoms with E-state index in [1.807, 2.05) is 30.3 Å². The number of nitrogens with one attached hydrogen (secondary N) is 1. The summed E-state index contributed by atoms with van der Waals surface area (Å²) >= 11 is 3.67. The highest BCUT2D eigenvalue weighted by molar-refractivity contribution is 7.99. The fourth-order valence-corrected chi connectivity index (χ4v) is 3.67. The molecule has 3 rings (SSSR count). The normalized spacial score (nSPS) is 22.6. The summed E-state index contributed by atoms with van der Waals surface area (Å²) in [6.07, 6.45) is 6.64. The van der Waals surface area contributed by atoms with E-state index < -0.39 is 0 Å². The van der Waals surface area contributed by atoms with Crippen LogP contribution in [0.1, 0.15) is 10.7 Å². The minimum absolute atomic E-state index is 0.322. The number of rotatable bonds is 1. The lowest BCUT2D eigenvalue weighted by atomic mass is 10.2. The number of hydrogen-bond acceptors (Lipinski definition) is 5. The molecule has 104 valence electrons. The van der Waals surface area contributed by atoms with Crippen LogP contribution < -0.4 is 5.32 Å². The molecule has 0 saturated carbocycles. The van der Waals surface area contributed by atoms with E-state index in [4.69, 9.17) is 0 Å². The molecule has 1 unspecified atom stereocenters. The van der Waals surface area contributed by atoms with Crippen LogP contribution in [0.25, 0.3) is 0 Å². The van der Waals surface area contributed by atoms with Gasteiger partial charge in [-0.1, -0.05) is 5.92 Å². The van der Waals surface area contributed by atoms with E-state index in [1.54, 1.807) is 11.3 Å². The third-order valence-electron chi connectivity index (χ3n) is 3.26. The molecule has 2 aliphatic rings. The largest absolute Gasteiger partial charge is 0.371 e. The quantitative estimate of drug-likeness (QED) is 0.805. The van der Waals surface area contributed by atoms with Crippen molar-refractivity contribution in [3.8, 4) is 11.8 Å². The van der Waals surface area contributed by atoms with Gasteiger partial charge >= 0.3 is 0 Å². The highest BCUT2D eigenvalue weighted by atomic mass is 32.2. The Labute approximate surface area is 128 Å². The summed E-state index contributed by atoms with van der Waals surface area (Å²) in [5, 5.41) is 6.48. The molecule has 5 heteroatoms. The monoisotopic (exact) mass is 303 g/mol. The van der Waals surface area contributed by atoms with Gasteiger partial charge in [0.15, 0.2) is 0 Å². The van der Waals surface area contributed by atoms with Crippen LogP contribution in [0.4, 0.5) is 0 Å². The predicted octanol–water partition coefficient (Wildman–Crippen LogP) is 2.22. The zero-order chi connectivity index (χ0) is 13.8. The summed E-state index contributed by atoms with van der Waals surface area (Å²) < 4.78 is 0. The van der Waals surface area contributed by atoms with Crippen molar-refractivity contribution in [3.05, 3.63) is 40.0 Å². The number of dihydropyridines is 1. The molecule has 0 amide bonds. The van der Waals surface area contributed by atoms with Crippen molar-refractivity contribution in [2.45, 2.75) is 13.1 Å². The number of aromatic nitrogens is 1. The van der Waals surface area contributed by atoms with Gasteiger partial charge in [-0.25, -0.2) is 4.98 Å². The lowest BCUT2D eigenvalue weighted by Gasteiger charge is -2.33. The molecule has 0 bridgehead atoms. The van der Waals surface area contributed by atoms with Crippen molar-refractivity contribution in [1.29, 1.82) is 0 Å². The van der Waals surface area contributed by atoms with Gasteiger partial charge in [-0.15, -0.1) is 11.3 Å². The molecule has 1 aromatic heterocycles. The summed E-state index contributed by atoms with van der Waals surface area (Å²) in [5.41, 5.74) is 1.87. The highest BCUT2D eigenvalue weighted by Crippen LogP contribution is 2.14. The Morgan fingerprint density at radius 1 is 1.35 bits per heavy atom. The third-order valence-corrected chi connectivity index (χ3v) is 4.98. The Hall–Kier alpha value is -1.22. The maximum atomic E-state index is 4.35. The van der Waals surface area contributed by atoms with E-state index in [2.05, 4.69) is 39.2 Å². The van der Waals surface area contributed by atoms with Gasteiger partial charge in [0, 0.05) is 41.7 Å². The SMILES string of the molecule is Cc1nc(C#CC2=CNC(N3CCSCC3)C=C2)cs1. The molecule has 1 atom stereocenters. The molecular formula is C15H17N3S2. The van der Waals surface area contributed by atoms with Crippen LogP contribution in [0.5, 0.6) is 0 Å². The first-order chi connectivity index (χ1) is 9.81. The lowest BCUT2D eigenvalue weighted by Crippen LogP contribution is -2.47. The first-order valence-electron chi connectivity index (χ1n) is 6.72. The minimum atomic E-state index is 0.322. The Balaban J connectivity index is 1.60. The third kappa shape index (κ3) is 3.45. The van der Waals surface area contributed by atoms with E-state index in [0.717, 1.165) is 29.4 Å². The topological polar surface area (TPSA) is 28.2 Å². The van der Waals surface area contributed by atoms with Crippen LogP contribution in [0.2, 0.25) is 0 Å². The van der Waals surface area contributed by atoms with E-state index in [0.29, 0.717) is 6.17 Å². The average molecular weight is 303 g/mol. The van der Waals surface area contributed by atoms with Gasteiger partial charge in [-0.2, -0.15) is 11.8 Å². The molecule has 0 radical (unpaired) electrons. The maximum Gasteiger partial charge on any atom is 0.124 e. The smallest absolute Gasteiger partial charge is 0.124 e. The summed E-state index contributed by atoms with van der Waals surface area (Å²) in [4.78, 5) is 6.82. The second kappa shape index (κ2) is 6.49. The average Bonchev–Trinajstić information content (AvgIpc) is 2.92. The van der Waals surface area contributed by atoms with Gasteiger partial charge in [-0.05, 0) is 25.0 Å². The van der Waals surface area contributed by atoms with Crippen molar-refractivity contribution in [2.75, 3.05) is 24.6 Å². The molecule has 0 spiro atoms. The Kier molecular flexibility index (Phi) is 4.46.